The molecule has 0 spiro atoms. The lowest BCUT2D eigenvalue weighted by atomic mass is 9.73. The molecule has 5 rings (SSSR count). The summed E-state index contributed by atoms with van der Waals surface area (Å²) in [7, 11) is 0. The molecule has 0 amide bonds. The summed E-state index contributed by atoms with van der Waals surface area (Å²) in [6.07, 6.45) is 6.47. The zero-order chi connectivity index (χ0) is 23.1. The number of benzene rings is 3. The highest BCUT2D eigenvalue weighted by Crippen LogP contribution is 2.42. The van der Waals surface area contributed by atoms with Gasteiger partial charge in [-0.2, -0.15) is 0 Å². The fourth-order valence-electron chi connectivity index (χ4n) is 5.25. The average molecular weight is 448 g/mol. The molecule has 1 unspecified atom stereocenters. The number of rotatable bonds is 5. The van der Waals surface area contributed by atoms with Crippen molar-refractivity contribution in [3.05, 3.63) is 100 Å². The van der Waals surface area contributed by atoms with Gasteiger partial charge in [0.2, 0.25) is 0 Å². The number of hydrogen-bond donors (Lipinski definition) is 1. The molecule has 2 aliphatic carbocycles. The number of aryl methyl sites for hydroxylation is 1. The van der Waals surface area contributed by atoms with E-state index in [9.17, 15) is 18.0 Å². The van der Waals surface area contributed by atoms with Gasteiger partial charge in [-0.15, -0.1) is 0 Å². The molecule has 0 saturated heterocycles. The van der Waals surface area contributed by atoms with Crippen molar-refractivity contribution in [2.75, 3.05) is 0 Å². The quantitative estimate of drug-likeness (QED) is 0.483. The molecule has 33 heavy (non-hydrogen) atoms. The van der Waals surface area contributed by atoms with Gasteiger partial charge in [-0.05, 0) is 64.8 Å². The number of carbonyl (C=O) groups excluding carboxylic acids is 1. The molecular weight excluding hydrogens is 423 g/mol. The number of nitrogens with two attached hydrogens (primary N) is 1. The van der Waals surface area contributed by atoms with Crippen LogP contribution < -0.4 is 5.73 Å². The molecule has 3 aromatic carbocycles. The van der Waals surface area contributed by atoms with E-state index >= 15 is 0 Å². The Hall–Kier alpha value is -3.18. The van der Waals surface area contributed by atoms with Crippen molar-refractivity contribution < 1.29 is 18.0 Å². The molecule has 0 heterocycles. The number of ketones is 1. The lowest BCUT2D eigenvalue weighted by Gasteiger charge is -2.31. The third-order valence-corrected chi connectivity index (χ3v) is 6.82. The van der Waals surface area contributed by atoms with Crippen LogP contribution in [-0.2, 0) is 17.6 Å². The van der Waals surface area contributed by atoms with Gasteiger partial charge in [0, 0.05) is 24.4 Å². The van der Waals surface area contributed by atoms with Crippen LogP contribution in [0.5, 0.6) is 0 Å². The van der Waals surface area contributed by atoms with Crippen LogP contribution in [0, 0.1) is 23.4 Å². The first-order valence-electron chi connectivity index (χ1n) is 11.2. The second kappa shape index (κ2) is 8.64. The van der Waals surface area contributed by atoms with Crippen molar-refractivity contribution >= 4 is 22.1 Å². The number of allylic oxidation sites excluding steroid dienone is 4. The van der Waals surface area contributed by atoms with E-state index in [-0.39, 0.29) is 30.1 Å². The third-order valence-electron chi connectivity index (χ3n) is 6.82. The summed E-state index contributed by atoms with van der Waals surface area (Å²) >= 11 is 0. The zero-order valence-corrected chi connectivity index (χ0v) is 18.1. The Morgan fingerprint density at radius 2 is 1.79 bits per heavy atom. The smallest absolute Gasteiger partial charge is 0.161 e. The molecule has 0 saturated carbocycles. The molecule has 2 nitrogen and oxygen atoms in total. The summed E-state index contributed by atoms with van der Waals surface area (Å²) < 4.78 is 40.7. The molecule has 0 aliphatic heterocycles. The molecule has 0 radical (unpaired) electrons. The second-order valence-corrected chi connectivity index (χ2v) is 8.93. The highest BCUT2D eigenvalue weighted by Gasteiger charge is 2.31. The molecule has 2 N–H and O–H groups in total. The Balaban J connectivity index is 1.38. The number of halogens is 3. The molecule has 2 aliphatic rings. The van der Waals surface area contributed by atoms with E-state index in [1.165, 1.54) is 21.9 Å². The van der Waals surface area contributed by atoms with E-state index in [4.69, 9.17) is 5.73 Å². The number of Topliss-reactive ketones (excluding diaryl/α,β-unsaturated/α-hetero) is 1. The maximum Gasteiger partial charge on any atom is 0.161 e. The largest absolute Gasteiger partial charge is 0.327 e. The summed E-state index contributed by atoms with van der Waals surface area (Å²) in [6.45, 7) is 0. The van der Waals surface area contributed by atoms with Crippen molar-refractivity contribution in [1.29, 1.82) is 0 Å². The van der Waals surface area contributed by atoms with Gasteiger partial charge in [0.05, 0.1) is 0 Å². The summed E-state index contributed by atoms with van der Waals surface area (Å²) in [5, 5.41) is 2.46. The Labute approximate surface area is 190 Å². The van der Waals surface area contributed by atoms with Gasteiger partial charge in [-0.1, -0.05) is 54.1 Å². The topological polar surface area (TPSA) is 43.1 Å². The number of fused-ring (bicyclic) bond motifs is 4. The van der Waals surface area contributed by atoms with Gasteiger partial charge in [-0.3, -0.25) is 4.79 Å². The fourth-order valence-corrected chi connectivity index (χ4v) is 5.25. The minimum atomic E-state index is -1.24. The Bertz CT molecular complexity index is 1320. The van der Waals surface area contributed by atoms with Gasteiger partial charge in [-0.25, -0.2) is 13.2 Å². The Morgan fingerprint density at radius 1 is 1.00 bits per heavy atom. The highest BCUT2D eigenvalue weighted by molar-refractivity contribution is 5.96. The van der Waals surface area contributed by atoms with Gasteiger partial charge >= 0.3 is 0 Å². The molecule has 2 atom stereocenters. The Morgan fingerprint density at radius 3 is 2.64 bits per heavy atom. The van der Waals surface area contributed by atoms with Gasteiger partial charge in [0.1, 0.15) is 11.6 Å². The minimum Gasteiger partial charge on any atom is -0.327 e. The summed E-state index contributed by atoms with van der Waals surface area (Å²) in [4.78, 5) is 13.2. The van der Waals surface area contributed by atoms with Gasteiger partial charge in [0.15, 0.2) is 11.6 Å². The van der Waals surface area contributed by atoms with Gasteiger partial charge in [0.25, 0.3) is 0 Å². The van der Waals surface area contributed by atoms with Crippen molar-refractivity contribution in [2.24, 2.45) is 11.7 Å². The van der Waals surface area contributed by atoms with Crippen molar-refractivity contribution in [1.82, 2.24) is 0 Å². The summed E-state index contributed by atoms with van der Waals surface area (Å²) in [5.41, 5.74) is 10.9. The van der Waals surface area contributed by atoms with Crippen LogP contribution in [0.1, 0.15) is 36.0 Å². The first-order valence-corrected chi connectivity index (χ1v) is 11.2. The van der Waals surface area contributed by atoms with E-state index in [1.54, 1.807) is 0 Å². The lowest BCUT2D eigenvalue weighted by molar-refractivity contribution is -0.122. The van der Waals surface area contributed by atoms with Crippen LogP contribution >= 0.6 is 0 Å². The summed E-state index contributed by atoms with van der Waals surface area (Å²) in [5.74, 6) is -3.46. The number of hydrogen-bond acceptors (Lipinski definition) is 2. The highest BCUT2D eigenvalue weighted by atomic mass is 19.2. The number of carbonyl (C=O) groups is 1. The average Bonchev–Trinajstić information content (AvgIpc) is 2.81. The van der Waals surface area contributed by atoms with E-state index < -0.39 is 23.5 Å². The van der Waals surface area contributed by atoms with Crippen LogP contribution in [0.2, 0.25) is 0 Å². The van der Waals surface area contributed by atoms with Crippen LogP contribution in [0.3, 0.4) is 0 Å². The molecule has 5 heteroatoms. The Kier molecular flexibility index (Phi) is 5.67. The third kappa shape index (κ3) is 4.02. The molecule has 0 bridgehead atoms. The van der Waals surface area contributed by atoms with Crippen LogP contribution in [0.25, 0.3) is 16.3 Å². The van der Waals surface area contributed by atoms with E-state index in [1.807, 2.05) is 18.2 Å². The van der Waals surface area contributed by atoms with Crippen molar-refractivity contribution in [3.63, 3.8) is 0 Å². The van der Waals surface area contributed by atoms with Crippen molar-refractivity contribution in [2.45, 2.75) is 38.1 Å². The molecule has 0 aromatic heterocycles. The molecule has 0 fully saturated rings. The summed E-state index contributed by atoms with van der Waals surface area (Å²) in [6, 6.07) is 13.3. The minimum absolute atomic E-state index is 0.00609. The second-order valence-electron chi connectivity index (χ2n) is 8.93. The fraction of sp³-hybridized carbons (Fsp3) is 0.250. The monoisotopic (exact) mass is 447 g/mol. The van der Waals surface area contributed by atoms with E-state index in [2.05, 4.69) is 30.3 Å². The first-order chi connectivity index (χ1) is 15.9. The van der Waals surface area contributed by atoms with Crippen molar-refractivity contribution in [3.8, 4) is 0 Å². The van der Waals surface area contributed by atoms with Crippen LogP contribution in [-0.4, -0.2) is 11.8 Å². The van der Waals surface area contributed by atoms with E-state index in [0.29, 0.717) is 12.5 Å². The maximum atomic E-state index is 14.0. The zero-order valence-electron chi connectivity index (χ0n) is 18.1. The van der Waals surface area contributed by atoms with Crippen LogP contribution in [0.15, 0.2) is 66.3 Å². The normalized spacial score (nSPS) is 18.2. The lowest BCUT2D eigenvalue weighted by Crippen LogP contribution is -2.31. The SMILES string of the molecule is N[C@@H](CC(=O)C1CC=CC2=C1CCc1c2ccc2ccccc12)Cc1cc(F)c(F)cc1F. The van der Waals surface area contributed by atoms with Crippen LogP contribution in [0.4, 0.5) is 13.2 Å². The molecule has 3 aromatic rings. The van der Waals surface area contributed by atoms with E-state index in [0.717, 1.165) is 30.1 Å². The maximum absolute atomic E-state index is 14.0. The van der Waals surface area contributed by atoms with Gasteiger partial charge < -0.3 is 5.73 Å². The predicted octanol–water partition coefficient (Wildman–Crippen LogP) is 6.06. The standard InChI is InChI=1S/C28H24F3NO/c29-25-15-27(31)26(30)13-17(25)12-18(32)14-28(33)24-7-3-6-20-22-9-8-16-4-1-2-5-19(16)21(22)10-11-23(20)24/h1-6,8-9,13,15,18,24H,7,10-12,14,32H2/t18-,24?/m1/s1. The predicted molar refractivity (Wildman–Crippen MR) is 124 cm³/mol. The first kappa shape index (κ1) is 21.7. The molecule has 168 valence electrons. The molecular formula is C28H24F3NO.